The Labute approximate surface area is 154 Å². The zero-order valence-electron chi connectivity index (χ0n) is 13.2. The van der Waals surface area contributed by atoms with Gasteiger partial charge in [-0.15, -0.1) is 23.5 Å². The molecule has 0 aromatic heterocycles. The molecule has 0 spiro atoms. The lowest BCUT2D eigenvalue weighted by atomic mass is 10.2. The Morgan fingerprint density at radius 2 is 1.57 bits per heavy atom. The molecule has 2 heterocycles. The quantitative estimate of drug-likeness (QED) is 0.654. The summed E-state index contributed by atoms with van der Waals surface area (Å²) in [7, 11) is 3.41. The van der Waals surface area contributed by atoms with Crippen molar-refractivity contribution in [2.24, 2.45) is 0 Å². The molecule has 2 aromatic carbocycles. The SMILES string of the molecule is COc1cc2c(cc1Br)CCS2.COc1ccc2c(c1)SCC2. The fourth-order valence-corrected chi connectivity index (χ4v) is 5.33. The number of methoxy groups -OCH3 is 2. The van der Waals surface area contributed by atoms with E-state index in [0.29, 0.717) is 0 Å². The number of hydrogen-bond donors (Lipinski definition) is 0. The van der Waals surface area contributed by atoms with Crippen LogP contribution in [0, 0.1) is 0 Å². The summed E-state index contributed by atoms with van der Waals surface area (Å²) in [6.07, 6.45) is 2.40. The van der Waals surface area contributed by atoms with Gasteiger partial charge in [0.2, 0.25) is 0 Å². The number of fused-ring (bicyclic) bond motifs is 2. The highest BCUT2D eigenvalue weighted by molar-refractivity contribution is 9.10. The van der Waals surface area contributed by atoms with E-state index in [0.717, 1.165) is 16.0 Å². The van der Waals surface area contributed by atoms with Crippen LogP contribution in [0.1, 0.15) is 11.1 Å². The number of halogens is 1. The van der Waals surface area contributed by atoms with E-state index >= 15 is 0 Å². The van der Waals surface area contributed by atoms with Crippen LogP contribution in [0.25, 0.3) is 0 Å². The molecule has 2 nitrogen and oxygen atoms in total. The van der Waals surface area contributed by atoms with Gasteiger partial charge >= 0.3 is 0 Å². The first kappa shape index (κ1) is 17.1. The number of ether oxygens (including phenoxy) is 2. The van der Waals surface area contributed by atoms with Gasteiger partial charge in [-0.1, -0.05) is 6.07 Å². The molecule has 0 radical (unpaired) electrons. The second-order valence-corrected chi connectivity index (χ2v) is 8.39. The summed E-state index contributed by atoms with van der Waals surface area (Å²) in [6.45, 7) is 0. The molecule has 0 amide bonds. The van der Waals surface area contributed by atoms with Gasteiger partial charge in [-0.05, 0) is 64.2 Å². The first-order valence-electron chi connectivity index (χ1n) is 7.50. The number of rotatable bonds is 2. The smallest absolute Gasteiger partial charge is 0.134 e. The van der Waals surface area contributed by atoms with Crippen molar-refractivity contribution < 1.29 is 9.47 Å². The van der Waals surface area contributed by atoms with E-state index in [1.165, 1.54) is 45.3 Å². The molecule has 0 fully saturated rings. The standard InChI is InChI=1S/C9H9BrOS.C9H10OS/c1-11-8-5-9-6(2-3-12-9)4-7(8)10;1-10-8-3-2-7-4-5-11-9(7)6-8/h4-5H,2-3H2,1H3;2-3,6H,4-5H2,1H3. The third-order valence-corrected chi connectivity index (χ3v) is 6.69. The summed E-state index contributed by atoms with van der Waals surface area (Å²) in [5, 5.41) is 0. The van der Waals surface area contributed by atoms with Crippen molar-refractivity contribution in [3.05, 3.63) is 45.9 Å². The van der Waals surface area contributed by atoms with Gasteiger partial charge in [0.05, 0.1) is 18.7 Å². The Bertz CT molecular complexity index is 703. The summed E-state index contributed by atoms with van der Waals surface area (Å²) >= 11 is 7.30. The molecule has 4 rings (SSSR count). The molecular weight excluding hydrogens is 392 g/mol. The van der Waals surface area contributed by atoms with E-state index in [1.54, 1.807) is 14.2 Å². The molecule has 0 aliphatic carbocycles. The van der Waals surface area contributed by atoms with Crippen LogP contribution in [0.4, 0.5) is 0 Å². The minimum atomic E-state index is 0.933. The Hall–Kier alpha value is -0.780. The van der Waals surface area contributed by atoms with Crippen LogP contribution in [-0.4, -0.2) is 25.7 Å². The van der Waals surface area contributed by atoms with E-state index in [1.807, 2.05) is 29.6 Å². The van der Waals surface area contributed by atoms with Crippen molar-refractivity contribution in [1.82, 2.24) is 0 Å². The summed E-state index contributed by atoms with van der Waals surface area (Å²) in [6, 6.07) is 10.6. The molecule has 0 N–H and O–H groups in total. The number of aryl methyl sites for hydroxylation is 2. The Morgan fingerprint density at radius 1 is 0.870 bits per heavy atom. The normalized spacial score (nSPS) is 14.6. The zero-order valence-corrected chi connectivity index (χ0v) is 16.4. The van der Waals surface area contributed by atoms with Crippen LogP contribution >= 0.6 is 39.5 Å². The summed E-state index contributed by atoms with van der Waals surface area (Å²) in [5.74, 6) is 4.33. The Kier molecular flexibility index (Phi) is 5.83. The third kappa shape index (κ3) is 4.01. The fraction of sp³-hybridized carbons (Fsp3) is 0.333. The largest absolute Gasteiger partial charge is 0.497 e. The van der Waals surface area contributed by atoms with Crippen molar-refractivity contribution in [2.45, 2.75) is 22.6 Å². The van der Waals surface area contributed by atoms with Gasteiger partial charge in [0.15, 0.2) is 0 Å². The first-order valence-corrected chi connectivity index (χ1v) is 10.3. The second kappa shape index (κ2) is 7.86. The van der Waals surface area contributed by atoms with Crippen LogP contribution in [-0.2, 0) is 12.8 Å². The Balaban J connectivity index is 0.000000136. The molecule has 0 bridgehead atoms. The minimum Gasteiger partial charge on any atom is -0.497 e. The lowest BCUT2D eigenvalue weighted by molar-refractivity contribution is 0.411. The van der Waals surface area contributed by atoms with Crippen molar-refractivity contribution in [2.75, 3.05) is 25.7 Å². The topological polar surface area (TPSA) is 18.5 Å². The molecule has 5 heteroatoms. The molecule has 0 atom stereocenters. The molecule has 0 saturated heterocycles. The average Bonchev–Trinajstić information content (AvgIpc) is 3.22. The van der Waals surface area contributed by atoms with E-state index in [2.05, 4.69) is 40.2 Å². The highest BCUT2D eigenvalue weighted by atomic mass is 79.9. The van der Waals surface area contributed by atoms with Gasteiger partial charge in [-0.2, -0.15) is 0 Å². The molecule has 2 aliphatic rings. The lowest BCUT2D eigenvalue weighted by Crippen LogP contribution is -1.87. The maximum Gasteiger partial charge on any atom is 0.134 e. The van der Waals surface area contributed by atoms with Gasteiger partial charge < -0.3 is 9.47 Å². The van der Waals surface area contributed by atoms with Crippen molar-refractivity contribution >= 4 is 39.5 Å². The Morgan fingerprint density at radius 3 is 2.26 bits per heavy atom. The van der Waals surface area contributed by atoms with Crippen LogP contribution in [0.2, 0.25) is 0 Å². The van der Waals surface area contributed by atoms with Gasteiger partial charge in [0, 0.05) is 21.3 Å². The van der Waals surface area contributed by atoms with Crippen molar-refractivity contribution in [1.29, 1.82) is 0 Å². The van der Waals surface area contributed by atoms with E-state index in [4.69, 9.17) is 9.47 Å². The number of thioether (sulfide) groups is 2. The molecule has 0 unspecified atom stereocenters. The van der Waals surface area contributed by atoms with Gasteiger partial charge in [0.25, 0.3) is 0 Å². The molecular formula is C18H19BrO2S2. The molecule has 122 valence electrons. The monoisotopic (exact) mass is 410 g/mol. The average molecular weight is 411 g/mol. The number of benzene rings is 2. The summed E-state index contributed by atoms with van der Waals surface area (Å²) in [5.41, 5.74) is 2.91. The molecule has 2 aromatic rings. The van der Waals surface area contributed by atoms with Crippen LogP contribution < -0.4 is 9.47 Å². The van der Waals surface area contributed by atoms with E-state index in [9.17, 15) is 0 Å². The summed E-state index contributed by atoms with van der Waals surface area (Å²) in [4.78, 5) is 2.76. The predicted molar refractivity (Wildman–Crippen MR) is 103 cm³/mol. The van der Waals surface area contributed by atoms with Crippen molar-refractivity contribution in [3.8, 4) is 11.5 Å². The van der Waals surface area contributed by atoms with E-state index < -0.39 is 0 Å². The maximum absolute atomic E-state index is 5.21. The van der Waals surface area contributed by atoms with Gasteiger partial charge in [-0.3, -0.25) is 0 Å². The summed E-state index contributed by atoms with van der Waals surface area (Å²) < 4.78 is 11.4. The first-order chi connectivity index (χ1) is 11.2. The maximum atomic E-state index is 5.21. The van der Waals surface area contributed by atoms with Crippen LogP contribution in [0.3, 0.4) is 0 Å². The zero-order chi connectivity index (χ0) is 16.2. The molecule has 0 saturated carbocycles. The molecule has 2 aliphatic heterocycles. The lowest BCUT2D eigenvalue weighted by Gasteiger charge is -2.05. The number of hydrogen-bond acceptors (Lipinski definition) is 4. The minimum absolute atomic E-state index is 0.933. The molecule has 23 heavy (non-hydrogen) atoms. The van der Waals surface area contributed by atoms with Crippen molar-refractivity contribution in [3.63, 3.8) is 0 Å². The third-order valence-electron chi connectivity index (χ3n) is 3.87. The highest BCUT2D eigenvalue weighted by Crippen LogP contribution is 2.38. The fourth-order valence-electron chi connectivity index (χ4n) is 2.61. The van der Waals surface area contributed by atoms with Gasteiger partial charge in [-0.25, -0.2) is 0 Å². The van der Waals surface area contributed by atoms with Gasteiger partial charge in [0.1, 0.15) is 11.5 Å². The predicted octanol–water partition coefficient (Wildman–Crippen LogP) is 5.45. The van der Waals surface area contributed by atoms with Crippen LogP contribution in [0.5, 0.6) is 11.5 Å². The second-order valence-electron chi connectivity index (χ2n) is 5.27. The van der Waals surface area contributed by atoms with E-state index in [-0.39, 0.29) is 0 Å². The highest BCUT2D eigenvalue weighted by Gasteiger charge is 2.14. The van der Waals surface area contributed by atoms with Crippen LogP contribution in [0.15, 0.2) is 44.6 Å².